The quantitative estimate of drug-likeness (QED) is 0.516. The van der Waals surface area contributed by atoms with Crippen molar-refractivity contribution < 1.29 is 5.11 Å². The molecule has 1 nitrogen and oxygen atoms in total. The molecule has 0 saturated carbocycles. The largest absolute Gasteiger partial charge is 0.389 e. The van der Waals surface area contributed by atoms with E-state index in [1.54, 1.807) is 31.2 Å². The summed E-state index contributed by atoms with van der Waals surface area (Å²) in [6, 6.07) is 0. The molecule has 1 heteroatoms. The van der Waals surface area contributed by atoms with Crippen LogP contribution in [-0.2, 0) is 0 Å². The zero-order valence-corrected chi connectivity index (χ0v) is 8.41. The summed E-state index contributed by atoms with van der Waals surface area (Å²) in [7, 11) is 0. The van der Waals surface area contributed by atoms with Gasteiger partial charge in [-0.05, 0) is 48.5 Å². The summed E-state index contributed by atoms with van der Waals surface area (Å²) in [4.78, 5) is 0. The van der Waals surface area contributed by atoms with E-state index in [0.717, 1.165) is 0 Å². The van der Waals surface area contributed by atoms with Crippen molar-refractivity contribution in [1.82, 2.24) is 0 Å². The van der Waals surface area contributed by atoms with Crippen molar-refractivity contribution in [3.63, 3.8) is 0 Å². The normalized spacial score (nSPS) is 10.2. The van der Waals surface area contributed by atoms with Crippen molar-refractivity contribution in [3.8, 4) is 47.9 Å². The second-order valence-corrected chi connectivity index (χ2v) is 2.40. The van der Waals surface area contributed by atoms with Gasteiger partial charge in [-0.2, -0.15) is 0 Å². The van der Waals surface area contributed by atoms with E-state index in [0.29, 0.717) is 0 Å². The van der Waals surface area contributed by atoms with Gasteiger partial charge in [0.05, 0.1) is 6.10 Å². The van der Waals surface area contributed by atoms with Gasteiger partial charge in [0.25, 0.3) is 0 Å². The fourth-order valence-corrected chi connectivity index (χ4v) is 0.536. The first-order valence-corrected chi connectivity index (χ1v) is 4.25. The Labute approximate surface area is 90.9 Å². The Kier molecular flexibility index (Phi) is 8.26. The van der Waals surface area contributed by atoms with Crippen LogP contribution in [0.1, 0.15) is 6.92 Å². The molecule has 0 bridgehead atoms. The lowest BCUT2D eigenvalue weighted by Gasteiger charge is -1.88. The van der Waals surface area contributed by atoms with Crippen LogP contribution in [0.5, 0.6) is 0 Å². The van der Waals surface area contributed by atoms with E-state index >= 15 is 0 Å². The molecule has 0 aromatic rings. The summed E-state index contributed by atoms with van der Waals surface area (Å²) in [5.41, 5.74) is 0. The van der Waals surface area contributed by atoms with Gasteiger partial charge in [-0.15, -0.1) is 6.42 Å². The van der Waals surface area contributed by atoms with Crippen LogP contribution in [0.4, 0.5) is 0 Å². The molecule has 0 amide bonds. The lowest BCUT2D eigenvalue weighted by atomic mass is 10.3. The van der Waals surface area contributed by atoms with Crippen LogP contribution < -0.4 is 0 Å². The third kappa shape index (κ3) is 11.7. The molecular formula is C14H10O. The first kappa shape index (κ1) is 12.7. The van der Waals surface area contributed by atoms with Gasteiger partial charge >= 0.3 is 0 Å². The summed E-state index contributed by atoms with van der Waals surface area (Å²) < 4.78 is 0. The summed E-state index contributed by atoms with van der Waals surface area (Å²) in [5.74, 6) is 17.2. The minimum absolute atomic E-state index is 0.443. The highest BCUT2D eigenvalue weighted by Gasteiger charge is 1.79. The SMILES string of the molecule is C#CC#CC#CC#C/C=C/C=C/[C@@H](C)O. The number of aliphatic hydroxyl groups is 1. The molecule has 0 aliphatic heterocycles. The van der Waals surface area contributed by atoms with Gasteiger partial charge in [0.2, 0.25) is 0 Å². The number of hydrogen-bond acceptors (Lipinski definition) is 1. The van der Waals surface area contributed by atoms with Crippen LogP contribution in [0.2, 0.25) is 0 Å². The second-order valence-electron chi connectivity index (χ2n) is 2.40. The number of allylic oxidation sites excluding steroid dienone is 3. The molecule has 0 saturated heterocycles. The van der Waals surface area contributed by atoms with Crippen LogP contribution in [-0.4, -0.2) is 11.2 Å². The van der Waals surface area contributed by atoms with Crippen molar-refractivity contribution >= 4 is 0 Å². The minimum Gasteiger partial charge on any atom is -0.389 e. The molecule has 0 aromatic heterocycles. The number of rotatable bonds is 2. The van der Waals surface area contributed by atoms with Crippen molar-refractivity contribution in [2.45, 2.75) is 13.0 Å². The molecule has 0 aromatic carbocycles. The smallest absolute Gasteiger partial charge is 0.0695 e. The van der Waals surface area contributed by atoms with E-state index in [-0.39, 0.29) is 0 Å². The highest BCUT2D eigenvalue weighted by Crippen LogP contribution is 1.83. The Hall–Kier alpha value is -2.32. The van der Waals surface area contributed by atoms with Gasteiger partial charge < -0.3 is 5.11 Å². The highest BCUT2D eigenvalue weighted by atomic mass is 16.3. The maximum atomic E-state index is 8.87. The molecule has 0 heterocycles. The standard InChI is InChI=1S/C14H10O/c1-3-4-5-6-7-8-9-10-11-12-13-14(2)15/h1,10-15H,2H3/b11-10+,13-12+/t14-/m1/s1. The van der Waals surface area contributed by atoms with Gasteiger partial charge in [0.1, 0.15) is 0 Å². The molecule has 1 N–H and O–H groups in total. The molecule has 0 radical (unpaired) electrons. The Bertz CT molecular complexity index is 451. The molecule has 72 valence electrons. The van der Waals surface area contributed by atoms with Gasteiger partial charge in [-0.1, -0.05) is 24.1 Å². The van der Waals surface area contributed by atoms with E-state index in [9.17, 15) is 0 Å². The van der Waals surface area contributed by atoms with E-state index < -0.39 is 6.10 Å². The predicted octanol–water partition coefficient (Wildman–Crippen LogP) is 1.12. The molecule has 0 aliphatic carbocycles. The maximum absolute atomic E-state index is 8.87. The predicted molar refractivity (Wildman–Crippen MR) is 62.1 cm³/mol. The van der Waals surface area contributed by atoms with Crippen molar-refractivity contribution in [1.29, 1.82) is 0 Å². The number of hydrogen-bond donors (Lipinski definition) is 1. The summed E-state index contributed by atoms with van der Waals surface area (Å²) in [6.07, 6.45) is 11.1. The van der Waals surface area contributed by atoms with Crippen LogP contribution >= 0.6 is 0 Å². The summed E-state index contributed by atoms with van der Waals surface area (Å²) >= 11 is 0. The van der Waals surface area contributed by atoms with E-state index in [4.69, 9.17) is 11.5 Å². The minimum atomic E-state index is -0.443. The van der Waals surface area contributed by atoms with Gasteiger partial charge in [0, 0.05) is 0 Å². The average molecular weight is 194 g/mol. The molecule has 0 aliphatic rings. The van der Waals surface area contributed by atoms with Crippen molar-refractivity contribution in [2.24, 2.45) is 0 Å². The molecule has 15 heavy (non-hydrogen) atoms. The third-order valence-electron chi connectivity index (χ3n) is 1.07. The van der Waals surface area contributed by atoms with Gasteiger partial charge in [-0.25, -0.2) is 0 Å². The second kappa shape index (κ2) is 9.77. The average Bonchev–Trinajstić information content (AvgIpc) is 2.20. The zero-order chi connectivity index (χ0) is 11.4. The van der Waals surface area contributed by atoms with Crippen LogP contribution in [0.3, 0.4) is 0 Å². The first-order valence-electron chi connectivity index (χ1n) is 4.25. The topological polar surface area (TPSA) is 20.2 Å². The summed E-state index contributed by atoms with van der Waals surface area (Å²) in [6.45, 7) is 1.67. The Morgan fingerprint density at radius 1 is 1.07 bits per heavy atom. The van der Waals surface area contributed by atoms with Crippen LogP contribution in [0.15, 0.2) is 24.3 Å². The Morgan fingerprint density at radius 2 is 1.73 bits per heavy atom. The molecule has 0 unspecified atom stereocenters. The Morgan fingerprint density at radius 3 is 2.40 bits per heavy atom. The monoisotopic (exact) mass is 194 g/mol. The van der Waals surface area contributed by atoms with Crippen molar-refractivity contribution in [3.05, 3.63) is 24.3 Å². The lowest BCUT2D eigenvalue weighted by Crippen LogP contribution is -1.90. The molecular weight excluding hydrogens is 184 g/mol. The van der Waals surface area contributed by atoms with Crippen LogP contribution in [0.25, 0.3) is 0 Å². The van der Waals surface area contributed by atoms with Crippen molar-refractivity contribution in [2.75, 3.05) is 0 Å². The number of aliphatic hydroxyl groups excluding tert-OH is 1. The fraction of sp³-hybridized carbons (Fsp3) is 0.143. The van der Waals surface area contributed by atoms with E-state index in [1.165, 1.54) is 0 Å². The Balaban J connectivity index is 4.00. The molecule has 0 fully saturated rings. The first-order chi connectivity index (χ1) is 7.27. The fourth-order valence-electron chi connectivity index (χ4n) is 0.536. The maximum Gasteiger partial charge on any atom is 0.0695 e. The van der Waals surface area contributed by atoms with Crippen LogP contribution in [0, 0.1) is 47.9 Å². The molecule has 0 rings (SSSR count). The highest BCUT2D eigenvalue weighted by molar-refractivity contribution is 5.40. The summed E-state index contributed by atoms with van der Waals surface area (Å²) in [5, 5.41) is 8.87. The zero-order valence-electron chi connectivity index (χ0n) is 8.41. The van der Waals surface area contributed by atoms with E-state index in [2.05, 4.69) is 41.4 Å². The van der Waals surface area contributed by atoms with E-state index in [1.807, 2.05) is 0 Å². The lowest BCUT2D eigenvalue weighted by molar-refractivity contribution is 0.244. The van der Waals surface area contributed by atoms with Gasteiger partial charge in [0.15, 0.2) is 0 Å². The molecule has 0 spiro atoms. The third-order valence-corrected chi connectivity index (χ3v) is 1.07. The van der Waals surface area contributed by atoms with Gasteiger partial charge in [-0.3, -0.25) is 0 Å². The number of terminal acetylenes is 1. The molecule has 1 atom stereocenters.